The van der Waals surface area contributed by atoms with Crippen molar-refractivity contribution in [1.29, 1.82) is 0 Å². The molecule has 4 aliphatic heterocycles. The molecule has 9 nitrogen and oxygen atoms in total. The summed E-state index contributed by atoms with van der Waals surface area (Å²) >= 11 is 0. The van der Waals surface area contributed by atoms with Crippen LogP contribution in [0.3, 0.4) is 0 Å². The van der Waals surface area contributed by atoms with E-state index >= 15 is 0 Å². The molecule has 4 aliphatic rings. The van der Waals surface area contributed by atoms with Crippen molar-refractivity contribution < 1.29 is 37.5 Å². The van der Waals surface area contributed by atoms with Gasteiger partial charge in [0.15, 0.2) is 0 Å². The van der Waals surface area contributed by atoms with Gasteiger partial charge in [0.25, 0.3) is 0 Å². The van der Waals surface area contributed by atoms with Crippen molar-refractivity contribution >= 4 is 28.3 Å². The fourth-order valence-corrected chi connectivity index (χ4v) is 8.69. The van der Waals surface area contributed by atoms with Crippen molar-refractivity contribution in [3.8, 4) is 0 Å². The molecule has 4 heterocycles. The fraction of sp³-hybridized carbons (Fsp3) is 0.615. The van der Waals surface area contributed by atoms with E-state index in [-0.39, 0.29) is 25.0 Å². The first kappa shape index (κ1) is 25.7. The second-order valence-corrected chi connectivity index (χ2v) is 11.9. The molecular formula is C26H33NO8S. The number of anilines is 1. The summed E-state index contributed by atoms with van der Waals surface area (Å²) in [5.74, 6) is -2.04. The Morgan fingerprint density at radius 2 is 1.08 bits per heavy atom. The fourth-order valence-electron chi connectivity index (χ4n) is 6.07. The predicted octanol–water partition coefficient (Wildman–Crippen LogP) is 1.48. The van der Waals surface area contributed by atoms with Crippen molar-refractivity contribution in [3.05, 3.63) is 41.5 Å². The zero-order valence-corrected chi connectivity index (χ0v) is 21.6. The second kappa shape index (κ2) is 10.4. The summed E-state index contributed by atoms with van der Waals surface area (Å²) < 4.78 is 40.5. The molecule has 2 fully saturated rings. The van der Waals surface area contributed by atoms with E-state index < -0.39 is 32.1 Å². The van der Waals surface area contributed by atoms with E-state index in [0.29, 0.717) is 58.5 Å². The van der Waals surface area contributed by atoms with Gasteiger partial charge in [0.05, 0.1) is 93.1 Å². The lowest BCUT2D eigenvalue weighted by atomic mass is 9.66. The Bertz CT molecular complexity index is 1000. The molecular weight excluding hydrogens is 486 g/mol. The molecule has 0 radical (unpaired) electrons. The van der Waals surface area contributed by atoms with Crippen LogP contribution in [0.25, 0.3) is 0 Å². The Balaban J connectivity index is 1.46. The molecule has 3 unspecified atom stereocenters. The van der Waals surface area contributed by atoms with Crippen molar-refractivity contribution in [2.75, 3.05) is 71.0 Å². The summed E-state index contributed by atoms with van der Waals surface area (Å²) in [7, 11) is -1.51. The largest absolute Gasteiger partial charge is 0.377 e. The van der Waals surface area contributed by atoms with E-state index in [1.807, 2.05) is 19.9 Å². The SMILES string of the molecule is C[C@]12C3=C(COCCOCCOCCOCCOC3)[C@](C)(C3C(=O)N(c4ccccc4)C(=O)C31)S2=O. The van der Waals surface area contributed by atoms with Crippen LogP contribution >= 0.6 is 0 Å². The van der Waals surface area contributed by atoms with Crippen molar-refractivity contribution in [2.24, 2.45) is 11.8 Å². The van der Waals surface area contributed by atoms with E-state index in [4.69, 9.17) is 23.7 Å². The maximum absolute atomic E-state index is 14.1. The number of nitrogens with zero attached hydrogens (tertiary/aromatic N) is 1. The van der Waals surface area contributed by atoms with E-state index in [2.05, 4.69) is 0 Å². The van der Waals surface area contributed by atoms with Gasteiger partial charge in [-0.1, -0.05) is 18.2 Å². The number of fused-ring (bicyclic) bond motifs is 7. The van der Waals surface area contributed by atoms with Gasteiger partial charge in [0, 0.05) is 10.8 Å². The first-order valence-corrected chi connectivity index (χ1v) is 13.5. The van der Waals surface area contributed by atoms with Crippen LogP contribution in [0.15, 0.2) is 41.5 Å². The Morgan fingerprint density at radius 3 is 1.50 bits per heavy atom. The third-order valence-corrected chi connectivity index (χ3v) is 10.4. The normalized spacial score (nSPS) is 36.6. The summed E-state index contributed by atoms with van der Waals surface area (Å²) in [5.41, 5.74) is 2.14. The van der Waals surface area contributed by atoms with Crippen LogP contribution in [0.4, 0.5) is 5.69 Å². The molecule has 0 aliphatic carbocycles. The quantitative estimate of drug-likeness (QED) is 0.406. The molecule has 0 spiro atoms. The first-order valence-electron chi connectivity index (χ1n) is 12.4. The van der Waals surface area contributed by atoms with Crippen LogP contribution in [0.2, 0.25) is 0 Å². The minimum atomic E-state index is -1.51. The molecule has 5 atom stereocenters. The van der Waals surface area contributed by atoms with Gasteiger partial charge in [-0.05, 0) is 37.1 Å². The minimum absolute atomic E-state index is 0.197. The smallest absolute Gasteiger partial charge is 0.239 e. The van der Waals surface area contributed by atoms with Gasteiger partial charge >= 0.3 is 0 Å². The topological polar surface area (TPSA) is 101 Å². The average molecular weight is 520 g/mol. The lowest BCUT2D eigenvalue weighted by molar-refractivity contribution is -0.122. The Kier molecular flexibility index (Phi) is 7.44. The van der Waals surface area contributed by atoms with Crippen molar-refractivity contribution in [3.63, 3.8) is 0 Å². The third kappa shape index (κ3) is 3.99. The molecule has 2 bridgehead atoms. The number of ether oxygens (including phenoxy) is 5. The van der Waals surface area contributed by atoms with Crippen LogP contribution in [0.1, 0.15) is 13.8 Å². The maximum atomic E-state index is 14.1. The molecule has 0 saturated carbocycles. The van der Waals surface area contributed by atoms with Gasteiger partial charge in [-0.25, -0.2) is 4.90 Å². The zero-order chi connectivity index (χ0) is 25.3. The molecule has 5 rings (SSSR count). The molecule has 0 aromatic heterocycles. The molecule has 1 aromatic carbocycles. The van der Waals surface area contributed by atoms with Gasteiger partial charge < -0.3 is 23.7 Å². The van der Waals surface area contributed by atoms with E-state index in [9.17, 15) is 13.8 Å². The molecule has 2 amide bonds. The summed E-state index contributed by atoms with van der Waals surface area (Å²) in [6.45, 7) is 7.41. The zero-order valence-electron chi connectivity index (χ0n) is 20.7. The molecule has 2 saturated heterocycles. The average Bonchev–Trinajstić information content (AvgIpc) is 3.31. The van der Waals surface area contributed by atoms with Crippen molar-refractivity contribution in [2.45, 2.75) is 23.3 Å². The number of imide groups is 1. The molecule has 10 heteroatoms. The van der Waals surface area contributed by atoms with Crippen LogP contribution in [-0.2, 0) is 44.1 Å². The number of carbonyl (C=O) groups is 2. The van der Waals surface area contributed by atoms with Gasteiger partial charge in [0.1, 0.15) is 0 Å². The number of hydrogen-bond acceptors (Lipinski definition) is 8. The monoisotopic (exact) mass is 519 g/mol. The number of para-hydroxylation sites is 1. The van der Waals surface area contributed by atoms with Gasteiger partial charge in [-0.3, -0.25) is 13.8 Å². The standard InChI is InChI=1S/C26H33NO8S/c1-25-19-16-34-14-12-32-10-8-31-9-11-33-13-15-35-17-20(19)26(2,36(25)30)22-21(25)23(28)27(24(22)29)18-6-4-3-5-7-18/h3-7,21-22H,8-17H2,1-2H3/t21?,22?,25-,26+,36?. The molecule has 1 aromatic rings. The highest BCUT2D eigenvalue weighted by Gasteiger charge is 2.78. The summed E-state index contributed by atoms with van der Waals surface area (Å²) in [6.07, 6.45) is 0. The molecule has 196 valence electrons. The highest BCUT2D eigenvalue weighted by atomic mass is 32.2. The number of benzene rings is 1. The third-order valence-electron chi connectivity index (χ3n) is 7.82. The van der Waals surface area contributed by atoms with Gasteiger partial charge in [0.2, 0.25) is 11.8 Å². The minimum Gasteiger partial charge on any atom is -0.377 e. The highest BCUT2D eigenvalue weighted by Crippen LogP contribution is 2.65. The predicted molar refractivity (Wildman–Crippen MR) is 132 cm³/mol. The number of amides is 2. The summed E-state index contributed by atoms with van der Waals surface area (Å²) in [6, 6.07) is 8.94. The van der Waals surface area contributed by atoms with Crippen LogP contribution in [0, 0.1) is 11.8 Å². The van der Waals surface area contributed by atoms with Crippen LogP contribution in [-0.4, -0.2) is 91.6 Å². The van der Waals surface area contributed by atoms with Gasteiger partial charge in [-0.15, -0.1) is 0 Å². The van der Waals surface area contributed by atoms with E-state index in [0.717, 1.165) is 11.1 Å². The lowest BCUT2D eigenvalue weighted by Crippen LogP contribution is -2.44. The van der Waals surface area contributed by atoms with Crippen LogP contribution < -0.4 is 4.90 Å². The van der Waals surface area contributed by atoms with Crippen molar-refractivity contribution in [1.82, 2.24) is 0 Å². The molecule has 0 N–H and O–H groups in total. The number of carbonyl (C=O) groups excluding carboxylic acids is 2. The van der Waals surface area contributed by atoms with E-state index in [1.54, 1.807) is 24.3 Å². The highest BCUT2D eigenvalue weighted by molar-refractivity contribution is 7.89. The number of hydrogen-bond donors (Lipinski definition) is 0. The van der Waals surface area contributed by atoms with Crippen LogP contribution in [0.5, 0.6) is 0 Å². The Morgan fingerprint density at radius 1 is 0.694 bits per heavy atom. The van der Waals surface area contributed by atoms with Gasteiger partial charge in [-0.2, -0.15) is 0 Å². The summed E-state index contributed by atoms with van der Waals surface area (Å²) in [5, 5.41) is 0. The second-order valence-electron chi connectivity index (χ2n) is 9.69. The number of rotatable bonds is 1. The van der Waals surface area contributed by atoms with E-state index in [1.165, 1.54) is 4.90 Å². The Labute approximate surface area is 213 Å². The summed E-state index contributed by atoms with van der Waals surface area (Å²) in [4.78, 5) is 28.8. The first-order chi connectivity index (χ1) is 17.4. The molecule has 36 heavy (non-hydrogen) atoms. The lowest BCUT2D eigenvalue weighted by Gasteiger charge is -2.34. The Hall–Kier alpha value is -1.95. The maximum Gasteiger partial charge on any atom is 0.239 e.